The van der Waals surface area contributed by atoms with Crippen molar-refractivity contribution in [2.45, 2.75) is 44.2 Å². The third-order valence-electron chi connectivity index (χ3n) is 4.36. The summed E-state index contributed by atoms with van der Waals surface area (Å²) in [6.07, 6.45) is 2.06. The van der Waals surface area contributed by atoms with Gasteiger partial charge in [-0.15, -0.1) is 0 Å². The molecule has 0 radical (unpaired) electrons. The van der Waals surface area contributed by atoms with Crippen molar-refractivity contribution in [3.8, 4) is 0 Å². The summed E-state index contributed by atoms with van der Waals surface area (Å²) in [6.45, 7) is 15.8. The van der Waals surface area contributed by atoms with E-state index in [0.29, 0.717) is 5.39 Å². The van der Waals surface area contributed by atoms with E-state index in [0.717, 1.165) is 36.5 Å². The van der Waals surface area contributed by atoms with E-state index in [-0.39, 0.29) is 4.90 Å². The molecule has 2 aromatic carbocycles. The maximum Gasteiger partial charge on any atom is 0.295 e. The molecule has 0 aliphatic carbocycles. The summed E-state index contributed by atoms with van der Waals surface area (Å²) in [5, 5.41) is 5.02. The monoisotopic (exact) mass is 438 g/mol. The molecule has 28 heavy (non-hydrogen) atoms. The minimum Gasteiger partial charge on any atom is -0.373 e. The van der Waals surface area contributed by atoms with E-state index < -0.39 is 26.3 Å². The van der Waals surface area contributed by atoms with Crippen molar-refractivity contribution in [2.75, 3.05) is 30.3 Å². The standard InChI is InChI=1S/C20H34N2O3SSi2/c1-27(2,3)15-21-13-14-22(16-28(4,5)6)19-11-7-10-18-17(19)9-8-12-20(18)26(23,24)25/h7-12,21H,13-16H2,1-6H3,(H,23,24,25). The molecule has 0 fully saturated rings. The van der Waals surface area contributed by atoms with Crippen LogP contribution in [-0.4, -0.2) is 54.5 Å². The summed E-state index contributed by atoms with van der Waals surface area (Å²) in [5.41, 5.74) is 1.03. The molecule has 0 saturated carbocycles. The van der Waals surface area contributed by atoms with Gasteiger partial charge in [-0.05, 0) is 18.3 Å². The van der Waals surface area contributed by atoms with Crippen molar-refractivity contribution >= 4 is 42.7 Å². The second-order valence-corrected chi connectivity index (χ2v) is 22.1. The fraction of sp³-hybridized carbons (Fsp3) is 0.500. The lowest BCUT2D eigenvalue weighted by atomic mass is 10.1. The van der Waals surface area contributed by atoms with Crippen LogP contribution in [-0.2, 0) is 10.1 Å². The molecule has 0 aliphatic heterocycles. The number of benzene rings is 2. The predicted octanol–water partition coefficient (Wildman–Crippen LogP) is 4.24. The zero-order valence-corrected chi connectivity index (χ0v) is 20.7. The van der Waals surface area contributed by atoms with Gasteiger partial charge in [-0.2, -0.15) is 8.42 Å². The summed E-state index contributed by atoms with van der Waals surface area (Å²) < 4.78 is 33.2. The Morgan fingerprint density at radius 2 is 1.54 bits per heavy atom. The van der Waals surface area contributed by atoms with Gasteiger partial charge in [0, 0.05) is 35.7 Å². The highest BCUT2D eigenvalue weighted by molar-refractivity contribution is 7.86. The van der Waals surface area contributed by atoms with Gasteiger partial charge in [0.15, 0.2) is 0 Å². The summed E-state index contributed by atoms with van der Waals surface area (Å²) in [7, 11) is -6.80. The Labute approximate surface area is 171 Å². The molecule has 0 heterocycles. The summed E-state index contributed by atoms with van der Waals surface area (Å²) in [6, 6.07) is 10.8. The average molecular weight is 439 g/mol. The van der Waals surface area contributed by atoms with E-state index in [1.165, 1.54) is 6.07 Å². The topological polar surface area (TPSA) is 69.6 Å². The lowest BCUT2D eigenvalue weighted by Gasteiger charge is -2.32. The van der Waals surface area contributed by atoms with Gasteiger partial charge in [-0.25, -0.2) is 0 Å². The Bertz CT molecular complexity index is 919. The molecule has 0 bridgehead atoms. The van der Waals surface area contributed by atoms with E-state index >= 15 is 0 Å². The second kappa shape index (κ2) is 8.66. The number of nitrogens with one attached hydrogen (secondary N) is 1. The minimum absolute atomic E-state index is 0.0309. The van der Waals surface area contributed by atoms with Crippen molar-refractivity contribution in [2.24, 2.45) is 0 Å². The number of anilines is 1. The van der Waals surface area contributed by atoms with E-state index in [2.05, 4.69) is 55.6 Å². The van der Waals surface area contributed by atoms with Gasteiger partial charge >= 0.3 is 0 Å². The van der Waals surface area contributed by atoms with Gasteiger partial charge in [0.05, 0.1) is 16.1 Å². The lowest BCUT2D eigenvalue weighted by molar-refractivity contribution is 0.484. The molecule has 156 valence electrons. The summed E-state index contributed by atoms with van der Waals surface area (Å²) in [5.74, 6) is 0. The van der Waals surface area contributed by atoms with Gasteiger partial charge in [0.1, 0.15) is 4.90 Å². The second-order valence-electron chi connectivity index (χ2n) is 9.82. The van der Waals surface area contributed by atoms with Crippen LogP contribution >= 0.6 is 0 Å². The zero-order valence-electron chi connectivity index (χ0n) is 17.9. The first-order valence-electron chi connectivity index (χ1n) is 9.73. The van der Waals surface area contributed by atoms with Gasteiger partial charge in [0.25, 0.3) is 10.1 Å². The number of fused-ring (bicyclic) bond motifs is 1. The van der Waals surface area contributed by atoms with Gasteiger partial charge < -0.3 is 10.2 Å². The average Bonchev–Trinajstić information content (AvgIpc) is 2.53. The molecule has 0 amide bonds. The van der Waals surface area contributed by atoms with Gasteiger partial charge in [0.2, 0.25) is 0 Å². The highest BCUT2D eigenvalue weighted by Gasteiger charge is 2.22. The quantitative estimate of drug-likeness (QED) is 0.348. The highest BCUT2D eigenvalue weighted by Crippen LogP contribution is 2.31. The Balaban J connectivity index is 2.41. The Hall–Kier alpha value is -1.20. The summed E-state index contributed by atoms with van der Waals surface area (Å²) >= 11 is 0. The fourth-order valence-corrected chi connectivity index (χ4v) is 6.41. The molecular formula is C20H34N2O3SSi2. The Morgan fingerprint density at radius 3 is 2.11 bits per heavy atom. The molecule has 0 aliphatic rings. The van der Waals surface area contributed by atoms with Crippen LogP contribution in [0.3, 0.4) is 0 Å². The van der Waals surface area contributed by atoms with Crippen molar-refractivity contribution in [3.05, 3.63) is 36.4 Å². The first kappa shape index (κ1) is 23.1. The molecule has 0 saturated heterocycles. The van der Waals surface area contributed by atoms with Crippen LogP contribution in [0.25, 0.3) is 10.8 Å². The fourth-order valence-electron chi connectivity index (χ4n) is 3.30. The van der Waals surface area contributed by atoms with Crippen LogP contribution in [0.5, 0.6) is 0 Å². The third kappa shape index (κ3) is 6.70. The number of rotatable bonds is 9. The van der Waals surface area contributed by atoms with Crippen LogP contribution in [0.4, 0.5) is 5.69 Å². The third-order valence-corrected chi connectivity index (χ3v) is 7.91. The lowest BCUT2D eigenvalue weighted by Crippen LogP contribution is -2.45. The largest absolute Gasteiger partial charge is 0.373 e. The predicted molar refractivity (Wildman–Crippen MR) is 126 cm³/mol. The van der Waals surface area contributed by atoms with Gasteiger partial charge in [-0.3, -0.25) is 4.55 Å². The van der Waals surface area contributed by atoms with E-state index in [9.17, 15) is 13.0 Å². The molecule has 2 aromatic rings. The first-order valence-corrected chi connectivity index (χ1v) is 18.6. The van der Waals surface area contributed by atoms with Crippen LogP contribution < -0.4 is 10.2 Å². The van der Waals surface area contributed by atoms with E-state index in [1.54, 1.807) is 12.1 Å². The normalized spacial score (nSPS) is 13.1. The van der Waals surface area contributed by atoms with Crippen molar-refractivity contribution in [1.82, 2.24) is 5.32 Å². The number of nitrogens with zero attached hydrogens (tertiary/aromatic N) is 1. The SMILES string of the molecule is C[Si](C)(C)CNCCN(C[Si](C)(C)C)c1cccc2c(S(=O)(=O)O)cccc12. The zero-order chi connectivity index (χ0) is 21.2. The molecule has 2 N–H and O–H groups in total. The Morgan fingerprint density at radius 1 is 0.929 bits per heavy atom. The van der Waals surface area contributed by atoms with Crippen LogP contribution in [0.1, 0.15) is 0 Å². The van der Waals surface area contributed by atoms with Gasteiger partial charge in [-0.1, -0.05) is 63.5 Å². The van der Waals surface area contributed by atoms with Crippen molar-refractivity contribution in [3.63, 3.8) is 0 Å². The molecule has 0 spiro atoms. The van der Waals surface area contributed by atoms with E-state index in [1.807, 2.05) is 12.1 Å². The number of hydrogen-bond donors (Lipinski definition) is 2. The van der Waals surface area contributed by atoms with Crippen LogP contribution in [0.15, 0.2) is 41.3 Å². The molecular weight excluding hydrogens is 404 g/mol. The molecule has 0 aromatic heterocycles. The molecule has 5 nitrogen and oxygen atoms in total. The number of hydrogen-bond acceptors (Lipinski definition) is 4. The first-order chi connectivity index (χ1) is 12.8. The van der Waals surface area contributed by atoms with Crippen molar-refractivity contribution < 1.29 is 13.0 Å². The maximum absolute atomic E-state index is 11.8. The summed E-state index contributed by atoms with van der Waals surface area (Å²) in [4.78, 5) is 2.34. The Kier molecular flexibility index (Phi) is 7.14. The molecule has 0 unspecified atom stereocenters. The molecule has 8 heteroatoms. The maximum atomic E-state index is 11.8. The molecule has 0 atom stereocenters. The highest BCUT2D eigenvalue weighted by atomic mass is 32.2. The van der Waals surface area contributed by atoms with Crippen molar-refractivity contribution in [1.29, 1.82) is 0 Å². The smallest absolute Gasteiger partial charge is 0.295 e. The van der Waals surface area contributed by atoms with Crippen LogP contribution in [0.2, 0.25) is 39.3 Å². The van der Waals surface area contributed by atoms with E-state index in [4.69, 9.17) is 0 Å². The molecule has 2 rings (SSSR count). The van der Waals surface area contributed by atoms with Crippen LogP contribution in [0, 0.1) is 0 Å². The minimum atomic E-state index is -4.26.